The van der Waals surface area contributed by atoms with Crippen LogP contribution in [0.15, 0.2) is 28.7 Å². The van der Waals surface area contributed by atoms with Crippen LogP contribution >= 0.6 is 0 Å². The number of furan rings is 1. The van der Waals surface area contributed by atoms with E-state index in [1.165, 1.54) is 12.8 Å². The van der Waals surface area contributed by atoms with E-state index in [-0.39, 0.29) is 0 Å². The Balaban J connectivity index is 1.68. The largest absolute Gasteiger partial charge is 0.450 e. The quantitative estimate of drug-likeness (QED) is 0.717. The van der Waals surface area contributed by atoms with Gasteiger partial charge in [0.1, 0.15) is 11.1 Å². The second kappa shape index (κ2) is 5.88. The van der Waals surface area contributed by atoms with E-state index >= 15 is 0 Å². The van der Waals surface area contributed by atoms with Gasteiger partial charge in [-0.05, 0) is 32.0 Å². The first-order valence-corrected chi connectivity index (χ1v) is 9.17. The van der Waals surface area contributed by atoms with Gasteiger partial charge < -0.3 is 19.1 Å². The maximum Gasteiger partial charge on any atom is 0.228 e. The first-order valence-electron chi connectivity index (χ1n) is 9.17. The van der Waals surface area contributed by atoms with Crippen molar-refractivity contribution in [3.63, 3.8) is 0 Å². The summed E-state index contributed by atoms with van der Waals surface area (Å²) in [6.07, 6.45) is 2.44. The fourth-order valence-corrected chi connectivity index (χ4v) is 3.86. The number of anilines is 2. The summed E-state index contributed by atoms with van der Waals surface area (Å²) in [5.41, 5.74) is 2.67. The predicted octanol–water partition coefficient (Wildman–Crippen LogP) is 2.73. The summed E-state index contributed by atoms with van der Waals surface area (Å²) in [6, 6.07) is 8.16. The molecule has 0 radical (unpaired) electrons. The normalized spacial score (nSPS) is 19.4. The summed E-state index contributed by atoms with van der Waals surface area (Å²) < 4.78 is 6.16. The van der Waals surface area contributed by atoms with Crippen molar-refractivity contribution < 1.29 is 4.42 Å². The number of likely N-dealkylation sites (N-methyl/N-ethyl adjacent to an activating group) is 1. The highest BCUT2D eigenvalue weighted by molar-refractivity contribution is 6.06. The average Bonchev–Trinajstić information content (AvgIpc) is 3.29. The van der Waals surface area contributed by atoms with Gasteiger partial charge in [0.15, 0.2) is 11.4 Å². The molecule has 0 N–H and O–H groups in total. The smallest absolute Gasteiger partial charge is 0.228 e. The van der Waals surface area contributed by atoms with Gasteiger partial charge in [-0.3, -0.25) is 0 Å². The number of para-hydroxylation sites is 1. The van der Waals surface area contributed by atoms with Crippen LogP contribution in [0.3, 0.4) is 0 Å². The van der Waals surface area contributed by atoms with Crippen molar-refractivity contribution >= 4 is 33.8 Å². The van der Waals surface area contributed by atoms with Gasteiger partial charge in [-0.1, -0.05) is 12.1 Å². The van der Waals surface area contributed by atoms with E-state index in [1.54, 1.807) is 0 Å². The van der Waals surface area contributed by atoms with E-state index in [1.807, 2.05) is 18.2 Å². The highest BCUT2D eigenvalue weighted by Gasteiger charge is 2.25. The van der Waals surface area contributed by atoms with E-state index in [2.05, 4.69) is 27.8 Å². The SMILES string of the molecule is CN1CCN(c2nc(N3CCCC3)c3oc4ccccc4c3n2)CC1. The molecule has 2 aliphatic heterocycles. The van der Waals surface area contributed by atoms with Gasteiger partial charge in [-0.2, -0.15) is 4.98 Å². The second-order valence-electron chi connectivity index (χ2n) is 7.11. The molecule has 2 aromatic heterocycles. The first-order chi connectivity index (χ1) is 12.3. The highest BCUT2D eigenvalue weighted by atomic mass is 16.3. The average molecular weight is 337 g/mol. The van der Waals surface area contributed by atoms with Crippen LogP contribution in [0.4, 0.5) is 11.8 Å². The van der Waals surface area contributed by atoms with Crippen LogP contribution in [0, 0.1) is 0 Å². The lowest BCUT2D eigenvalue weighted by Gasteiger charge is -2.32. The Hall–Kier alpha value is -2.34. The molecule has 1 aromatic carbocycles. The maximum atomic E-state index is 6.16. The molecule has 0 spiro atoms. The molecule has 4 heterocycles. The van der Waals surface area contributed by atoms with Crippen molar-refractivity contribution in [3.8, 4) is 0 Å². The van der Waals surface area contributed by atoms with Crippen molar-refractivity contribution in [3.05, 3.63) is 24.3 Å². The van der Waals surface area contributed by atoms with E-state index in [4.69, 9.17) is 14.4 Å². The molecule has 2 saturated heterocycles. The lowest BCUT2D eigenvalue weighted by atomic mass is 10.2. The van der Waals surface area contributed by atoms with Crippen LogP contribution in [-0.4, -0.2) is 61.2 Å². The third-order valence-electron chi connectivity index (χ3n) is 5.38. The molecule has 0 unspecified atom stereocenters. The van der Waals surface area contributed by atoms with Crippen molar-refractivity contribution in [2.45, 2.75) is 12.8 Å². The molecule has 6 nitrogen and oxygen atoms in total. The van der Waals surface area contributed by atoms with E-state index in [0.717, 1.165) is 73.1 Å². The molecule has 2 aliphatic rings. The number of hydrogen-bond acceptors (Lipinski definition) is 6. The van der Waals surface area contributed by atoms with Crippen LogP contribution in [0.25, 0.3) is 22.1 Å². The summed E-state index contributed by atoms with van der Waals surface area (Å²) in [7, 11) is 2.17. The fraction of sp³-hybridized carbons (Fsp3) is 0.474. The molecular formula is C19H23N5O. The van der Waals surface area contributed by atoms with Gasteiger partial charge in [-0.25, -0.2) is 4.98 Å². The molecule has 2 fully saturated rings. The fourth-order valence-electron chi connectivity index (χ4n) is 3.86. The summed E-state index contributed by atoms with van der Waals surface area (Å²) in [4.78, 5) is 16.9. The van der Waals surface area contributed by atoms with E-state index in [9.17, 15) is 0 Å². The number of rotatable bonds is 2. The summed E-state index contributed by atoms with van der Waals surface area (Å²) in [5, 5.41) is 1.08. The van der Waals surface area contributed by atoms with Gasteiger partial charge >= 0.3 is 0 Å². The van der Waals surface area contributed by atoms with Crippen molar-refractivity contribution in [1.82, 2.24) is 14.9 Å². The van der Waals surface area contributed by atoms with Crippen LogP contribution in [-0.2, 0) is 0 Å². The Morgan fingerprint density at radius 3 is 2.44 bits per heavy atom. The van der Waals surface area contributed by atoms with Gasteiger partial charge in [0.05, 0.1) is 0 Å². The molecular weight excluding hydrogens is 314 g/mol. The number of fused-ring (bicyclic) bond motifs is 3. The van der Waals surface area contributed by atoms with E-state index < -0.39 is 0 Å². The standard InChI is InChI=1S/C19H23N5O/c1-22-10-12-24(13-11-22)19-20-16-14-6-2-3-7-15(14)25-17(16)18(21-19)23-8-4-5-9-23/h2-3,6-7H,4-5,8-13H2,1H3. The van der Waals surface area contributed by atoms with E-state index in [0.29, 0.717) is 0 Å². The van der Waals surface area contributed by atoms with Gasteiger partial charge in [0.2, 0.25) is 5.95 Å². The van der Waals surface area contributed by atoms with Crippen LogP contribution in [0.1, 0.15) is 12.8 Å². The minimum atomic E-state index is 0.834. The highest BCUT2D eigenvalue weighted by Crippen LogP contribution is 2.35. The third kappa shape index (κ3) is 2.52. The monoisotopic (exact) mass is 337 g/mol. The first kappa shape index (κ1) is 15.0. The Labute approximate surface area is 147 Å². The Morgan fingerprint density at radius 1 is 0.880 bits per heavy atom. The third-order valence-corrected chi connectivity index (χ3v) is 5.38. The van der Waals surface area contributed by atoms with Crippen molar-refractivity contribution in [1.29, 1.82) is 0 Å². The molecule has 130 valence electrons. The lowest BCUT2D eigenvalue weighted by molar-refractivity contribution is 0.311. The molecule has 0 amide bonds. The van der Waals surface area contributed by atoms with Crippen LogP contribution < -0.4 is 9.80 Å². The number of piperazine rings is 1. The zero-order chi connectivity index (χ0) is 16.8. The van der Waals surface area contributed by atoms with Gasteiger partial charge in [0, 0.05) is 44.7 Å². The Bertz CT molecular complexity index is 907. The zero-order valence-corrected chi connectivity index (χ0v) is 14.6. The van der Waals surface area contributed by atoms with Gasteiger partial charge in [-0.15, -0.1) is 0 Å². The minimum absolute atomic E-state index is 0.834. The maximum absolute atomic E-state index is 6.16. The second-order valence-corrected chi connectivity index (χ2v) is 7.11. The molecule has 6 heteroatoms. The number of nitrogens with zero attached hydrogens (tertiary/aromatic N) is 5. The predicted molar refractivity (Wildman–Crippen MR) is 100 cm³/mol. The van der Waals surface area contributed by atoms with Crippen LogP contribution in [0.5, 0.6) is 0 Å². The zero-order valence-electron chi connectivity index (χ0n) is 14.6. The Morgan fingerprint density at radius 2 is 1.64 bits per heavy atom. The molecule has 0 aliphatic carbocycles. The summed E-state index contributed by atoms with van der Waals surface area (Å²) in [5.74, 6) is 1.81. The number of aromatic nitrogens is 2. The molecule has 25 heavy (non-hydrogen) atoms. The topological polar surface area (TPSA) is 48.6 Å². The number of benzene rings is 1. The molecule has 3 aromatic rings. The summed E-state index contributed by atoms with van der Waals surface area (Å²) in [6.45, 7) is 6.13. The van der Waals surface area contributed by atoms with Crippen molar-refractivity contribution in [2.75, 3.05) is 56.1 Å². The molecule has 0 saturated carbocycles. The molecule has 0 atom stereocenters. The van der Waals surface area contributed by atoms with Gasteiger partial charge in [0.25, 0.3) is 0 Å². The molecule has 5 rings (SSSR count). The summed E-state index contributed by atoms with van der Waals surface area (Å²) >= 11 is 0. The Kier molecular flexibility index (Phi) is 3.52. The van der Waals surface area contributed by atoms with Crippen molar-refractivity contribution in [2.24, 2.45) is 0 Å². The molecule has 0 bridgehead atoms. The van der Waals surface area contributed by atoms with Crippen LogP contribution in [0.2, 0.25) is 0 Å². The lowest BCUT2D eigenvalue weighted by Crippen LogP contribution is -2.45. The minimum Gasteiger partial charge on any atom is -0.450 e. The number of hydrogen-bond donors (Lipinski definition) is 0.